The third-order valence-corrected chi connectivity index (χ3v) is 8.48. The van der Waals surface area contributed by atoms with Crippen LogP contribution >= 0.6 is 0 Å². The highest BCUT2D eigenvalue weighted by atomic mass is 32.2. The van der Waals surface area contributed by atoms with Crippen LogP contribution in [0, 0.1) is 5.92 Å². The summed E-state index contributed by atoms with van der Waals surface area (Å²) in [6.45, 7) is 1.43. The summed E-state index contributed by atoms with van der Waals surface area (Å²) in [6, 6.07) is 9.92. The van der Waals surface area contributed by atoms with Gasteiger partial charge in [0.1, 0.15) is 0 Å². The highest BCUT2D eigenvalue weighted by Crippen LogP contribution is 2.33. The number of hydrogen-bond acceptors (Lipinski definition) is 4. The number of sulfone groups is 1. The van der Waals surface area contributed by atoms with E-state index in [2.05, 4.69) is 5.32 Å². The topological polar surface area (TPSA) is 75.7 Å². The SMILES string of the molecule is O=C(N[C@@H]1CCCC[C@H]1OCc1ccccc1)N1C[C@@H]2CCS(=O)(=O)[C@@H]2C1. The Morgan fingerprint density at radius 2 is 1.89 bits per heavy atom. The minimum atomic E-state index is -3.02. The Morgan fingerprint density at radius 1 is 1.11 bits per heavy atom. The normalized spacial score (nSPS) is 32.2. The van der Waals surface area contributed by atoms with E-state index in [0.29, 0.717) is 26.1 Å². The molecule has 1 aromatic carbocycles. The van der Waals surface area contributed by atoms with Gasteiger partial charge < -0.3 is 15.0 Å². The van der Waals surface area contributed by atoms with Crippen molar-refractivity contribution in [1.29, 1.82) is 0 Å². The summed E-state index contributed by atoms with van der Waals surface area (Å²) in [4.78, 5) is 14.4. The second-order valence-electron chi connectivity index (χ2n) is 8.03. The van der Waals surface area contributed by atoms with Crippen LogP contribution in [0.25, 0.3) is 0 Å². The van der Waals surface area contributed by atoms with E-state index in [4.69, 9.17) is 4.74 Å². The molecule has 4 rings (SSSR count). The van der Waals surface area contributed by atoms with Gasteiger partial charge in [0.2, 0.25) is 0 Å². The largest absolute Gasteiger partial charge is 0.371 e. The van der Waals surface area contributed by atoms with Crippen molar-refractivity contribution >= 4 is 15.9 Å². The number of carbonyl (C=O) groups excluding carboxylic acids is 1. The van der Waals surface area contributed by atoms with E-state index in [0.717, 1.165) is 31.2 Å². The molecule has 2 amide bonds. The number of fused-ring (bicyclic) bond motifs is 1. The number of ether oxygens (including phenoxy) is 1. The lowest BCUT2D eigenvalue weighted by molar-refractivity contribution is -0.00363. The van der Waals surface area contributed by atoms with E-state index in [1.54, 1.807) is 4.90 Å². The number of urea groups is 1. The monoisotopic (exact) mass is 392 g/mol. The molecule has 3 aliphatic rings. The lowest BCUT2D eigenvalue weighted by Gasteiger charge is -2.33. The predicted octanol–water partition coefficient (Wildman–Crippen LogP) is 2.34. The molecule has 0 aromatic heterocycles. The fourth-order valence-corrected chi connectivity index (χ4v) is 6.80. The number of hydrogen-bond donors (Lipinski definition) is 1. The quantitative estimate of drug-likeness (QED) is 0.853. The Morgan fingerprint density at radius 3 is 2.67 bits per heavy atom. The van der Waals surface area contributed by atoms with E-state index in [1.807, 2.05) is 30.3 Å². The van der Waals surface area contributed by atoms with Gasteiger partial charge in [-0.1, -0.05) is 43.2 Å². The fourth-order valence-electron chi connectivity index (χ4n) is 4.65. The number of nitrogens with one attached hydrogen (secondary N) is 1. The molecule has 0 unspecified atom stereocenters. The molecule has 2 heterocycles. The van der Waals surface area contributed by atoms with Crippen LogP contribution in [-0.4, -0.2) is 55.6 Å². The van der Waals surface area contributed by atoms with E-state index >= 15 is 0 Å². The van der Waals surface area contributed by atoms with Gasteiger partial charge in [-0.05, 0) is 30.7 Å². The van der Waals surface area contributed by atoms with Crippen molar-refractivity contribution < 1.29 is 17.9 Å². The smallest absolute Gasteiger partial charge is 0.317 e. The molecule has 1 aliphatic carbocycles. The second-order valence-corrected chi connectivity index (χ2v) is 10.4. The van der Waals surface area contributed by atoms with Crippen LogP contribution in [0.4, 0.5) is 4.79 Å². The minimum absolute atomic E-state index is 0.00740. The summed E-state index contributed by atoms with van der Waals surface area (Å²) in [5.74, 6) is 0.382. The molecule has 27 heavy (non-hydrogen) atoms. The van der Waals surface area contributed by atoms with Crippen molar-refractivity contribution in [3.8, 4) is 0 Å². The van der Waals surface area contributed by atoms with E-state index in [1.165, 1.54) is 0 Å². The van der Waals surface area contributed by atoms with Crippen molar-refractivity contribution in [1.82, 2.24) is 10.2 Å². The molecule has 2 saturated heterocycles. The Hall–Kier alpha value is -1.60. The molecule has 1 N–H and O–H groups in total. The number of amides is 2. The number of nitrogens with zero attached hydrogens (tertiary/aromatic N) is 1. The summed E-state index contributed by atoms with van der Waals surface area (Å²) in [7, 11) is -3.02. The number of carbonyl (C=O) groups is 1. The van der Waals surface area contributed by atoms with Gasteiger partial charge in [0, 0.05) is 13.1 Å². The molecular formula is C20H28N2O4S. The maximum atomic E-state index is 12.7. The van der Waals surface area contributed by atoms with Gasteiger partial charge in [-0.25, -0.2) is 13.2 Å². The molecule has 6 nitrogen and oxygen atoms in total. The summed E-state index contributed by atoms with van der Waals surface area (Å²) in [6.07, 6.45) is 4.73. The maximum absolute atomic E-state index is 12.7. The lowest BCUT2D eigenvalue weighted by atomic mass is 9.92. The summed E-state index contributed by atoms with van der Waals surface area (Å²) < 4.78 is 30.3. The number of likely N-dealkylation sites (tertiary alicyclic amines) is 1. The Balaban J connectivity index is 1.33. The lowest BCUT2D eigenvalue weighted by Crippen LogP contribution is -2.51. The predicted molar refractivity (Wildman–Crippen MR) is 103 cm³/mol. The molecule has 0 radical (unpaired) electrons. The molecule has 3 fully saturated rings. The second kappa shape index (κ2) is 7.80. The van der Waals surface area contributed by atoms with Crippen LogP contribution in [0.3, 0.4) is 0 Å². The summed E-state index contributed by atoms with van der Waals surface area (Å²) >= 11 is 0. The van der Waals surface area contributed by atoms with Gasteiger partial charge in [-0.2, -0.15) is 0 Å². The molecular weight excluding hydrogens is 364 g/mol. The molecule has 0 spiro atoms. The first-order valence-corrected chi connectivity index (χ1v) is 11.7. The average molecular weight is 393 g/mol. The highest BCUT2D eigenvalue weighted by molar-refractivity contribution is 7.92. The Kier molecular flexibility index (Phi) is 5.41. The Labute approximate surface area is 161 Å². The Bertz CT molecular complexity index is 767. The van der Waals surface area contributed by atoms with Gasteiger partial charge in [0.25, 0.3) is 0 Å². The van der Waals surface area contributed by atoms with Gasteiger partial charge in [-0.15, -0.1) is 0 Å². The zero-order chi connectivity index (χ0) is 18.9. The molecule has 148 valence electrons. The summed E-state index contributed by atoms with van der Waals surface area (Å²) in [5, 5.41) is 2.77. The van der Waals surface area contributed by atoms with E-state index < -0.39 is 9.84 Å². The van der Waals surface area contributed by atoms with Crippen molar-refractivity contribution in [3.05, 3.63) is 35.9 Å². The van der Waals surface area contributed by atoms with Gasteiger partial charge in [-0.3, -0.25) is 0 Å². The average Bonchev–Trinajstić information content (AvgIpc) is 3.23. The molecule has 0 bridgehead atoms. The first-order chi connectivity index (χ1) is 13.0. The van der Waals surface area contributed by atoms with Crippen LogP contribution in [0.2, 0.25) is 0 Å². The first-order valence-electron chi connectivity index (χ1n) is 9.95. The summed E-state index contributed by atoms with van der Waals surface area (Å²) in [5.41, 5.74) is 1.13. The zero-order valence-corrected chi connectivity index (χ0v) is 16.4. The van der Waals surface area contributed by atoms with Crippen molar-refractivity contribution in [2.45, 2.75) is 56.1 Å². The van der Waals surface area contributed by atoms with Crippen LogP contribution in [0.5, 0.6) is 0 Å². The molecule has 4 atom stereocenters. The molecule has 7 heteroatoms. The van der Waals surface area contributed by atoms with Gasteiger partial charge >= 0.3 is 6.03 Å². The van der Waals surface area contributed by atoms with Crippen LogP contribution in [-0.2, 0) is 21.2 Å². The third-order valence-electron chi connectivity index (χ3n) is 6.22. The van der Waals surface area contributed by atoms with Crippen LogP contribution in [0.1, 0.15) is 37.7 Å². The van der Waals surface area contributed by atoms with E-state index in [-0.39, 0.29) is 35.1 Å². The minimum Gasteiger partial charge on any atom is -0.371 e. The number of rotatable bonds is 4. The molecule has 1 aromatic rings. The van der Waals surface area contributed by atoms with E-state index in [9.17, 15) is 13.2 Å². The maximum Gasteiger partial charge on any atom is 0.317 e. The fraction of sp³-hybridized carbons (Fsp3) is 0.650. The van der Waals surface area contributed by atoms with Crippen LogP contribution < -0.4 is 5.32 Å². The molecule has 1 saturated carbocycles. The number of benzene rings is 1. The standard InChI is InChI=1S/C20H28N2O4S/c23-20(22-12-16-10-11-27(24,25)19(16)13-22)21-17-8-4-5-9-18(17)26-14-15-6-2-1-3-7-15/h1-3,6-7,16-19H,4-5,8-14H2,(H,21,23)/t16-,17+,18+,19+/m0/s1. The van der Waals surface area contributed by atoms with Crippen molar-refractivity contribution in [2.75, 3.05) is 18.8 Å². The first kappa shape index (κ1) is 18.7. The third kappa shape index (κ3) is 4.14. The zero-order valence-electron chi connectivity index (χ0n) is 15.5. The van der Waals surface area contributed by atoms with Crippen molar-refractivity contribution in [2.24, 2.45) is 5.92 Å². The highest BCUT2D eigenvalue weighted by Gasteiger charge is 2.47. The van der Waals surface area contributed by atoms with Crippen molar-refractivity contribution in [3.63, 3.8) is 0 Å². The van der Waals surface area contributed by atoms with Gasteiger partial charge in [0.05, 0.1) is 29.8 Å². The van der Waals surface area contributed by atoms with Crippen LogP contribution in [0.15, 0.2) is 30.3 Å². The molecule has 2 aliphatic heterocycles. The van der Waals surface area contributed by atoms with Gasteiger partial charge in [0.15, 0.2) is 9.84 Å².